The van der Waals surface area contributed by atoms with E-state index in [1.54, 1.807) is 51.2 Å². The summed E-state index contributed by atoms with van der Waals surface area (Å²) >= 11 is 12.2. The lowest BCUT2D eigenvalue weighted by molar-refractivity contribution is -0.132. The van der Waals surface area contributed by atoms with E-state index >= 15 is 0 Å². The molecule has 37 heavy (non-hydrogen) atoms. The van der Waals surface area contributed by atoms with Gasteiger partial charge >= 0.3 is 0 Å². The standard InChI is InChI=1S/C26H30Cl2N2O6S/c1-18(2)30(37(32,33)25-15-20(27)8-9-22(25)28)17-26(31)29(16-21-6-5-13-36-21)12-11-19-7-10-23(34-3)24(14-19)35-4/h5-10,13-15,18H,11-12,16-17H2,1-4H3. The number of benzene rings is 2. The van der Waals surface area contributed by atoms with Gasteiger partial charge in [0.05, 0.1) is 38.6 Å². The first-order valence-electron chi connectivity index (χ1n) is 11.5. The van der Waals surface area contributed by atoms with Crippen LogP contribution >= 0.6 is 23.2 Å². The molecule has 0 aliphatic rings. The summed E-state index contributed by atoms with van der Waals surface area (Å²) in [5.41, 5.74) is 0.925. The van der Waals surface area contributed by atoms with E-state index in [4.69, 9.17) is 37.1 Å². The first-order chi connectivity index (χ1) is 17.6. The normalized spacial score (nSPS) is 11.7. The number of amides is 1. The van der Waals surface area contributed by atoms with E-state index in [0.717, 1.165) is 9.87 Å². The van der Waals surface area contributed by atoms with Gasteiger partial charge in [0.1, 0.15) is 10.7 Å². The Kier molecular flexibility index (Phi) is 9.89. The Bertz CT molecular complexity index is 1310. The van der Waals surface area contributed by atoms with Gasteiger partial charge in [0, 0.05) is 17.6 Å². The third-order valence-corrected chi connectivity index (χ3v) is 8.48. The molecule has 0 aliphatic heterocycles. The Morgan fingerprint density at radius 2 is 1.76 bits per heavy atom. The molecule has 0 radical (unpaired) electrons. The summed E-state index contributed by atoms with van der Waals surface area (Å²) in [5, 5.41) is 0.260. The van der Waals surface area contributed by atoms with Gasteiger partial charge in [-0.25, -0.2) is 8.42 Å². The molecule has 11 heteroatoms. The number of carbonyl (C=O) groups excluding carboxylic acids is 1. The lowest BCUT2D eigenvalue weighted by atomic mass is 10.1. The van der Waals surface area contributed by atoms with E-state index < -0.39 is 16.1 Å². The van der Waals surface area contributed by atoms with Gasteiger partial charge in [-0.05, 0) is 68.3 Å². The summed E-state index contributed by atoms with van der Waals surface area (Å²) in [4.78, 5) is 15.0. The highest BCUT2D eigenvalue weighted by Crippen LogP contribution is 2.30. The second-order valence-corrected chi connectivity index (χ2v) is 11.3. The summed E-state index contributed by atoms with van der Waals surface area (Å²) in [7, 11) is -0.993. The maximum Gasteiger partial charge on any atom is 0.245 e. The Morgan fingerprint density at radius 1 is 1.03 bits per heavy atom. The Balaban J connectivity index is 1.85. The van der Waals surface area contributed by atoms with Crippen molar-refractivity contribution in [2.24, 2.45) is 0 Å². The summed E-state index contributed by atoms with van der Waals surface area (Å²) < 4.78 is 44.3. The van der Waals surface area contributed by atoms with Gasteiger partial charge in [-0.15, -0.1) is 0 Å². The highest BCUT2D eigenvalue weighted by Gasteiger charge is 2.32. The molecule has 0 saturated carbocycles. The van der Waals surface area contributed by atoms with Gasteiger partial charge in [0.2, 0.25) is 15.9 Å². The van der Waals surface area contributed by atoms with Crippen LogP contribution in [0.2, 0.25) is 10.0 Å². The molecule has 0 spiro atoms. The molecule has 0 fully saturated rings. The molecule has 0 saturated heterocycles. The molecule has 2 aromatic carbocycles. The number of rotatable bonds is 12. The molecular formula is C26H30Cl2N2O6S. The van der Waals surface area contributed by atoms with Gasteiger partial charge in [-0.1, -0.05) is 29.3 Å². The summed E-state index contributed by atoms with van der Waals surface area (Å²) in [6, 6.07) is 12.7. The van der Waals surface area contributed by atoms with E-state index in [-0.39, 0.29) is 33.9 Å². The molecule has 1 aromatic heterocycles. The minimum Gasteiger partial charge on any atom is -0.493 e. The van der Waals surface area contributed by atoms with Crippen LogP contribution in [-0.4, -0.2) is 56.9 Å². The van der Waals surface area contributed by atoms with Gasteiger partial charge in [-0.3, -0.25) is 4.79 Å². The van der Waals surface area contributed by atoms with Gasteiger partial charge in [-0.2, -0.15) is 4.31 Å². The highest BCUT2D eigenvalue weighted by atomic mass is 35.5. The molecule has 8 nitrogen and oxygen atoms in total. The van der Waals surface area contributed by atoms with Crippen molar-refractivity contribution in [1.29, 1.82) is 0 Å². The largest absolute Gasteiger partial charge is 0.493 e. The van der Waals surface area contributed by atoms with E-state index in [0.29, 0.717) is 30.2 Å². The smallest absolute Gasteiger partial charge is 0.245 e. The second kappa shape index (κ2) is 12.7. The number of methoxy groups -OCH3 is 2. The predicted octanol–water partition coefficient (Wildman–Crippen LogP) is 5.27. The number of nitrogens with zero attached hydrogens (tertiary/aromatic N) is 2. The number of sulfonamides is 1. The Morgan fingerprint density at radius 3 is 2.38 bits per heavy atom. The minimum absolute atomic E-state index is 0.0309. The van der Waals surface area contributed by atoms with Crippen molar-refractivity contribution >= 4 is 39.1 Å². The summed E-state index contributed by atoms with van der Waals surface area (Å²) in [6.45, 7) is 3.52. The van der Waals surface area contributed by atoms with Crippen molar-refractivity contribution < 1.29 is 27.1 Å². The van der Waals surface area contributed by atoms with Crippen molar-refractivity contribution in [2.45, 2.75) is 37.8 Å². The zero-order valence-corrected chi connectivity index (χ0v) is 23.4. The molecule has 3 rings (SSSR count). The monoisotopic (exact) mass is 568 g/mol. The topological polar surface area (TPSA) is 89.3 Å². The lowest BCUT2D eigenvalue weighted by Crippen LogP contribution is -2.46. The van der Waals surface area contributed by atoms with E-state index in [1.165, 1.54) is 24.5 Å². The Labute approximate surface area is 227 Å². The minimum atomic E-state index is -4.11. The maximum absolute atomic E-state index is 13.5. The first-order valence-corrected chi connectivity index (χ1v) is 13.7. The van der Waals surface area contributed by atoms with E-state index in [1.807, 2.05) is 12.1 Å². The molecule has 1 amide bonds. The molecular weight excluding hydrogens is 539 g/mol. The molecule has 3 aromatic rings. The number of furan rings is 1. The molecule has 0 unspecified atom stereocenters. The van der Waals surface area contributed by atoms with Crippen molar-refractivity contribution in [1.82, 2.24) is 9.21 Å². The van der Waals surface area contributed by atoms with Gasteiger partial charge in [0.15, 0.2) is 11.5 Å². The zero-order chi connectivity index (χ0) is 27.2. The maximum atomic E-state index is 13.5. The first kappa shape index (κ1) is 28.8. The Hall–Kier alpha value is -2.72. The van der Waals surface area contributed by atoms with Crippen LogP contribution in [0.5, 0.6) is 11.5 Å². The number of hydrogen-bond donors (Lipinski definition) is 0. The van der Waals surface area contributed by atoms with Crippen LogP contribution in [0.25, 0.3) is 0 Å². The molecule has 200 valence electrons. The average molecular weight is 570 g/mol. The average Bonchev–Trinajstić information content (AvgIpc) is 3.39. The van der Waals surface area contributed by atoms with Crippen molar-refractivity contribution in [3.63, 3.8) is 0 Å². The van der Waals surface area contributed by atoms with Crippen LogP contribution in [-0.2, 0) is 27.8 Å². The number of hydrogen-bond acceptors (Lipinski definition) is 6. The van der Waals surface area contributed by atoms with E-state index in [9.17, 15) is 13.2 Å². The van der Waals surface area contributed by atoms with Crippen LogP contribution in [0.3, 0.4) is 0 Å². The second-order valence-electron chi connectivity index (χ2n) is 8.55. The van der Waals surface area contributed by atoms with Crippen LogP contribution in [0.1, 0.15) is 25.2 Å². The third kappa shape index (κ3) is 7.19. The third-order valence-electron chi connectivity index (χ3n) is 5.74. The van der Waals surface area contributed by atoms with Crippen LogP contribution in [0.4, 0.5) is 0 Å². The highest BCUT2D eigenvalue weighted by molar-refractivity contribution is 7.89. The fourth-order valence-corrected chi connectivity index (χ4v) is 6.09. The summed E-state index contributed by atoms with van der Waals surface area (Å²) in [6.07, 6.45) is 2.03. The van der Waals surface area contributed by atoms with Crippen LogP contribution < -0.4 is 9.47 Å². The fraction of sp³-hybridized carbons (Fsp3) is 0.346. The molecule has 0 atom stereocenters. The van der Waals surface area contributed by atoms with Crippen LogP contribution in [0, 0.1) is 0 Å². The SMILES string of the molecule is COc1ccc(CCN(Cc2ccco2)C(=O)CN(C(C)C)S(=O)(=O)c2cc(Cl)ccc2Cl)cc1OC. The van der Waals surface area contributed by atoms with Crippen LogP contribution in [0.15, 0.2) is 64.1 Å². The molecule has 0 aliphatic carbocycles. The number of halogens is 2. The van der Waals surface area contributed by atoms with Crippen molar-refractivity contribution in [3.05, 3.63) is 76.2 Å². The van der Waals surface area contributed by atoms with Gasteiger partial charge in [0.25, 0.3) is 0 Å². The quantitative estimate of drug-likeness (QED) is 0.295. The number of ether oxygens (including phenoxy) is 2. The van der Waals surface area contributed by atoms with Crippen molar-refractivity contribution in [2.75, 3.05) is 27.3 Å². The molecule has 0 N–H and O–H groups in total. The lowest BCUT2D eigenvalue weighted by Gasteiger charge is -2.29. The van der Waals surface area contributed by atoms with E-state index in [2.05, 4.69) is 0 Å². The van der Waals surface area contributed by atoms with Gasteiger partial charge < -0.3 is 18.8 Å². The molecule has 0 bridgehead atoms. The summed E-state index contributed by atoms with van der Waals surface area (Å²) in [5.74, 6) is 1.39. The van der Waals surface area contributed by atoms with Crippen molar-refractivity contribution in [3.8, 4) is 11.5 Å². The molecule has 1 heterocycles. The fourth-order valence-electron chi connectivity index (χ4n) is 3.76. The number of carbonyl (C=O) groups is 1. The predicted molar refractivity (Wildman–Crippen MR) is 143 cm³/mol. The zero-order valence-electron chi connectivity index (χ0n) is 21.1.